The highest BCUT2D eigenvalue weighted by Gasteiger charge is 2.02. The van der Waals surface area contributed by atoms with Crippen molar-refractivity contribution in [2.75, 3.05) is 26.2 Å². The minimum Gasteiger partial charge on any atom is -0.313 e. The molecule has 0 aliphatic carbocycles. The van der Waals surface area contributed by atoms with Gasteiger partial charge in [0.1, 0.15) is 5.82 Å². The van der Waals surface area contributed by atoms with Gasteiger partial charge in [0.15, 0.2) is 0 Å². The topological polar surface area (TPSA) is 15.3 Å². The Morgan fingerprint density at radius 1 is 1.28 bits per heavy atom. The fourth-order valence-corrected chi connectivity index (χ4v) is 2.09. The second kappa shape index (κ2) is 8.46. The lowest BCUT2D eigenvalue weighted by Gasteiger charge is -2.17. The number of hydrogen-bond donors (Lipinski definition) is 1. The van der Waals surface area contributed by atoms with Crippen LogP contribution in [-0.4, -0.2) is 31.1 Å². The maximum absolute atomic E-state index is 12.8. The predicted octanol–water partition coefficient (Wildman–Crippen LogP) is 3.30. The van der Waals surface area contributed by atoms with Gasteiger partial charge in [-0.2, -0.15) is 0 Å². The van der Waals surface area contributed by atoms with E-state index in [1.807, 2.05) is 0 Å². The van der Waals surface area contributed by atoms with Crippen molar-refractivity contribution >= 4 is 11.6 Å². The first-order valence-electron chi connectivity index (χ1n) is 6.54. The Kier molecular flexibility index (Phi) is 7.25. The highest BCUT2D eigenvalue weighted by atomic mass is 35.5. The highest BCUT2D eigenvalue weighted by Crippen LogP contribution is 2.16. The molecular weight excluding hydrogens is 251 g/mol. The molecule has 0 amide bonds. The van der Waals surface area contributed by atoms with Crippen molar-refractivity contribution in [3.8, 4) is 0 Å². The van der Waals surface area contributed by atoms with Gasteiger partial charge in [0.25, 0.3) is 0 Å². The summed E-state index contributed by atoms with van der Waals surface area (Å²) in [6, 6.07) is 4.53. The maximum atomic E-state index is 12.8. The Balaban J connectivity index is 2.21. The summed E-state index contributed by atoms with van der Waals surface area (Å²) in [4.78, 5) is 2.40. The fourth-order valence-electron chi connectivity index (χ4n) is 1.86. The van der Waals surface area contributed by atoms with E-state index in [4.69, 9.17) is 11.6 Å². The molecule has 0 aliphatic rings. The quantitative estimate of drug-likeness (QED) is 0.731. The Bertz CT molecular complexity index is 354. The third kappa shape index (κ3) is 5.34. The molecule has 0 aromatic heterocycles. The summed E-state index contributed by atoms with van der Waals surface area (Å²) in [5.74, 6) is -0.287. The minimum absolute atomic E-state index is 0.287. The standard InChI is InChI=1S/C14H22ClFN2/c1-3-18(4-2)9-5-8-17-11-12-6-7-13(16)10-14(12)15/h6-7,10,17H,3-5,8-9,11H2,1-2H3. The van der Waals surface area contributed by atoms with Crippen LogP contribution in [0, 0.1) is 5.82 Å². The molecular formula is C14H22ClFN2. The van der Waals surface area contributed by atoms with Crippen LogP contribution in [0.3, 0.4) is 0 Å². The van der Waals surface area contributed by atoms with E-state index in [2.05, 4.69) is 24.1 Å². The van der Waals surface area contributed by atoms with Crippen LogP contribution in [0.25, 0.3) is 0 Å². The number of nitrogens with zero attached hydrogens (tertiary/aromatic N) is 1. The third-order valence-electron chi connectivity index (χ3n) is 3.05. The van der Waals surface area contributed by atoms with Gasteiger partial charge in [0.05, 0.1) is 0 Å². The lowest BCUT2D eigenvalue weighted by molar-refractivity contribution is 0.298. The molecule has 0 bridgehead atoms. The Morgan fingerprint density at radius 3 is 2.61 bits per heavy atom. The first kappa shape index (κ1) is 15.4. The van der Waals surface area contributed by atoms with Crippen molar-refractivity contribution in [1.29, 1.82) is 0 Å². The van der Waals surface area contributed by atoms with E-state index in [0.29, 0.717) is 11.6 Å². The molecule has 1 aromatic carbocycles. The lowest BCUT2D eigenvalue weighted by atomic mass is 10.2. The molecule has 0 saturated heterocycles. The molecule has 102 valence electrons. The van der Waals surface area contributed by atoms with E-state index in [1.54, 1.807) is 6.07 Å². The zero-order chi connectivity index (χ0) is 13.4. The Morgan fingerprint density at radius 2 is 2.00 bits per heavy atom. The van der Waals surface area contributed by atoms with Crippen LogP contribution in [0.5, 0.6) is 0 Å². The van der Waals surface area contributed by atoms with Gasteiger partial charge >= 0.3 is 0 Å². The van der Waals surface area contributed by atoms with E-state index in [1.165, 1.54) is 12.1 Å². The van der Waals surface area contributed by atoms with Crippen LogP contribution in [0.1, 0.15) is 25.8 Å². The van der Waals surface area contributed by atoms with Gasteiger partial charge in [0.2, 0.25) is 0 Å². The third-order valence-corrected chi connectivity index (χ3v) is 3.40. The number of hydrogen-bond acceptors (Lipinski definition) is 2. The van der Waals surface area contributed by atoms with Gasteiger partial charge in [0, 0.05) is 11.6 Å². The maximum Gasteiger partial charge on any atom is 0.124 e. The molecule has 0 atom stereocenters. The molecule has 1 rings (SSSR count). The van der Waals surface area contributed by atoms with Gasteiger partial charge in [-0.1, -0.05) is 31.5 Å². The van der Waals surface area contributed by atoms with Crippen LogP contribution in [0.4, 0.5) is 4.39 Å². The second-order valence-electron chi connectivity index (χ2n) is 4.29. The smallest absolute Gasteiger partial charge is 0.124 e. The molecule has 0 spiro atoms. The summed E-state index contributed by atoms with van der Waals surface area (Å²) in [6.07, 6.45) is 1.11. The summed E-state index contributed by atoms with van der Waals surface area (Å²) < 4.78 is 12.8. The second-order valence-corrected chi connectivity index (χ2v) is 4.70. The van der Waals surface area contributed by atoms with E-state index < -0.39 is 0 Å². The highest BCUT2D eigenvalue weighted by molar-refractivity contribution is 6.31. The van der Waals surface area contributed by atoms with Crippen LogP contribution in [0.2, 0.25) is 5.02 Å². The van der Waals surface area contributed by atoms with Crippen molar-refractivity contribution in [3.05, 3.63) is 34.6 Å². The monoisotopic (exact) mass is 272 g/mol. The van der Waals surface area contributed by atoms with Crippen molar-refractivity contribution in [3.63, 3.8) is 0 Å². The molecule has 1 N–H and O–H groups in total. The van der Waals surface area contributed by atoms with Crippen molar-refractivity contribution < 1.29 is 4.39 Å². The summed E-state index contributed by atoms with van der Waals surface area (Å²) in [5.41, 5.74) is 0.945. The lowest BCUT2D eigenvalue weighted by Crippen LogP contribution is -2.27. The fraction of sp³-hybridized carbons (Fsp3) is 0.571. The zero-order valence-electron chi connectivity index (χ0n) is 11.2. The molecule has 1 aromatic rings. The molecule has 0 saturated carbocycles. The van der Waals surface area contributed by atoms with Crippen LogP contribution in [-0.2, 0) is 6.54 Å². The summed E-state index contributed by atoms with van der Waals surface area (Å²) in [6.45, 7) is 9.30. The molecule has 0 heterocycles. The van der Waals surface area contributed by atoms with Gasteiger partial charge < -0.3 is 10.2 Å². The Labute approximate surface area is 114 Å². The normalized spacial score (nSPS) is 11.2. The van der Waals surface area contributed by atoms with Crippen molar-refractivity contribution in [2.45, 2.75) is 26.8 Å². The van der Waals surface area contributed by atoms with Gasteiger partial charge in [-0.05, 0) is 50.3 Å². The average molecular weight is 273 g/mol. The largest absolute Gasteiger partial charge is 0.313 e. The van der Waals surface area contributed by atoms with E-state index in [-0.39, 0.29) is 5.82 Å². The predicted molar refractivity (Wildman–Crippen MR) is 75.5 cm³/mol. The van der Waals surface area contributed by atoms with Gasteiger partial charge in [-0.15, -0.1) is 0 Å². The average Bonchev–Trinajstić information content (AvgIpc) is 2.36. The summed E-state index contributed by atoms with van der Waals surface area (Å²) in [5, 5.41) is 3.82. The van der Waals surface area contributed by atoms with Crippen molar-refractivity contribution in [2.24, 2.45) is 0 Å². The van der Waals surface area contributed by atoms with E-state index >= 15 is 0 Å². The van der Waals surface area contributed by atoms with Crippen molar-refractivity contribution in [1.82, 2.24) is 10.2 Å². The molecule has 18 heavy (non-hydrogen) atoms. The van der Waals surface area contributed by atoms with Gasteiger partial charge in [-0.3, -0.25) is 0 Å². The van der Waals surface area contributed by atoms with Crippen LogP contribution >= 0.6 is 11.6 Å². The molecule has 4 heteroatoms. The molecule has 2 nitrogen and oxygen atoms in total. The molecule has 0 unspecified atom stereocenters. The zero-order valence-corrected chi connectivity index (χ0v) is 11.9. The van der Waals surface area contributed by atoms with E-state index in [0.717, 1.165) is 38.2 Å². The van der Waals surface area contributed by atoms with E-state index in [9.17, 15) is 4.39 Å². The number of rotatable bonds is 8. The molecule has 0 aliphatic heterocycles. The number of halogens is 2. The first-order chi connectivity index (χ1) is 8.67. The summed E-state index contributed by atoms with van der Waals surface area (Å²) in [7, 11) is 0. The minimum atomic E-state index is -0.287. The first-order valence-corrected chi connectivity index (χ1v) is 6.92. The van der Waals surface area contributed by atoms with Crippen LogP contribution < -0.4 is 5.32 Å². The number of benzene rings is 1. The van der Waals surface area contributed by atoms with Crippen LogP contribution in [0.15, 0.2) is 18.2 Å². The molecule has 0 fully saturated rings. The number of nitrogens with one attached hydrogen (secondary N) is 1. The Hall–Kier alpha value is -0.640. The van der Waals surface area contributed by atoms with Gasteiger partial charge in [-0.25, -0.2) is 4.39 Å². The summed E-state index contributed by atoms with van der Waals surface area (Å²) >= 11 is 5.95. The molecule has 0 radical (unpaired) electrons. The SMILES string of the molecule is CCN(CC)CCCNCc1ccc(F)cc1Cl.